The quantitative estimate of drug-likeness (QED) is 0.392. The Morgan fingerprint density at radius 1 is 1.24 bits per heavy atom. The van der Waals surface area contributed by atoms with E-state index in [0.717, 1.165) is 56.6 Å². The minimum absolute atomic E-state index is 0. The molecule has 0 saturated carbocycles. The second-order valence-corrected chi connectivity index (χ2v) is 6.09. The predicted molar refractivity (Wildman–Crippen MR) is 107 cm³/mol. The van der Waals surface area contributed by atoms with E-state index < -0.39 is 0 Å². The number of hydrogen-bond donors (Lipinski definition) is 1. The Morgan fingerprint density at radius 3 is 2.64 bits per heavy atom. The van der Waals surface area contributed by atoms with Gasteiger partial charge >= 0.3 is 0 Å². The summed E-state index contributed by atoms with van der Waals surface area (Å²) in [5, 5.41) is 3.43. The molecular weight excluding hydrogens is 433 g/mol. The Hall–Kier alpha value is -1.48. The summed E-state index contributed by atoms with van der Waals surface area (Å²) < 4.78 is 16.2. The van der Waals surface area contributed by atoms with Crippen molar-refractivity contribution in [2.45, 2.75) is 19.4 Å². The van der Waals surface area contributed by atoms with Crippen LogP contribution in [0.25, 0.3) is 0 Å². The lowest BCUT2D eigenvalue weighted by molar-refractivity contribution is 0.187. The van der Waals surface area contributed by atoms with Gasteiger partial charge in [0, 0.05) is 39.1 Å². The van der Waals surface area contributed by atoms with Gasteiger partial charge in [-0.1, -0.05) is 0 Å². The van der Waals surface area contributed by atoms with Crippen LogP contribution in [0.15, 0.2) is 50.6 Å². The molecule has 1 saturated heterocycles. The lowest BCUT2D eigenvalue weighted by atomic mass is 10.1. The molecule has 0 spiro atoms. The van der Waals surface area contributed by atoms with Crippen LogP contribution in [0.1, 0.15) is 17.9 Å². The zero-order chi connectivity index (χ0) is 16.6. The van der Waals surface area contributed by atoms with Crippen LogP contribution in [-0.4, -0.2) is 44.2 Å². The highest BCUT2D eigenvalue weighted by Gasteiger charge is 2.16. The van der Waals surface area contributed by atoms with Gasteiger partial charge in [0.15, 0.2) is 5.96 Å². The van der Waals surface area contributed by atoms with Crippen LogP contribution < -0.4 is 5.32 Å². The third-order valence-electron chi connectivity index (χ3n) is 4.09. The maximum Gasteiger partial charge on any atom is 0.194 e. The average molecular weight is 459 g/mol. The van der Waals surface area contributed by atoms with Gasteiger partial charge in [-0.2, -0.15) is 0 Å². The van der Waals surface area contributed by atoms with E-state index in [1.807, 2.05) is 31.3 Å². The van der Waals surface area contributed by atoms with E-state index in [2.05, 4.69) is 10.2 Å². The molecule has 3 heterocycles. The molecule has 0 aliphatic carbocycles. The van der Waals surface area contributed by atoms with Gasteiger partial charge in [0.1, 0.15) is 11.5 Å². The topological polar surface area (TPSA) is 63.1 Å². The monoisotopic (exact) mass is 459 g/mol. The lowest BCUT2D eigenvalue weighted by Crippen LogP contribution is -2.39. The second-order valence-electron chi connectivity index (χ2n) is 6.09. The summed E-state index contributed by atoms with van der Waals surface area (Å²) in [6, 6.07) is 7.77. The summed E-state index contributed by atoms with van der Waals surface area (Å²) in [4.78, 5) is 6.86. The first-order valence-electron chi connectivity index (χ1n) is 8.43. The molecule has 1 aliphatic rings. The zero-order valence-electron chi connectivity index (χ0n) is 14.5. The molecule has 6 nitrogen and oxygen atoms in total. The van der Waals surface area contributed by atoms with Gasteiger partial charge in [-0.05, 0) is 30.7 Å². The first-order chi connectivity index (χ1) is 11.8. The van der Waals surface area contributed by atoms with E-state index in [9.17, 15) is 0 Å². The van der Waals surface area contributed by atoms with Crippen molar-refractivity contribution in [1.82, 2.24) is 10.2 Å². The van der Waals surface area contributed by atoms with Crippen molar-refractivity contribution in [3.63, 3.8) is 0 Å². The van der Waals surface area contributed by atoms with Crippen molar-refractivity contribution in [1.29, 1.82) is 0 Å². The minimum Gasteiger partial charge on any atom is -0.469 e. The van der Waals surface area contributed by atoms with E-state index in [0.29, 0.717) is 12.5 Å². The number of guanidine groups is 1. The third kappa shape index (κ3) is 6.39. The molecule has 2 aromatic rings. The van der Waals surface area contributed by atoms with Gasteiger partial charge in [-0.25, -0.2) is 0 Å². The highest BCUT2D eigenvalue weighted by molar-refractivity contribution is 14.0. The Balaban J connectivity index is 0.00000225. The molecular formula is C18H26IN3O3. The summed E-state index contributed by atoms with van der Waals surface area (Å²) in [6.45, 7) is 3.90. The maximum absolute atomic E-state index is 5.44. The van der Waals surface area contributed by atoms with Gasteiger partial charge in [-0.15, -0.1) is 24.0 Å². The highest BCUT2D eigenvalue weighted by atomic mass is 127. The van der Waals surface area contributed by atoms with Crippen LogP contribution in [0, 0.1) is 5.92 Å². The number of halogens is 1. The third-order valence-corrected chi connectivity index (χ3v) is 4.09. The first-order valence-corrected chi connectivity index (χ1v) is 8.43. The molecule has 7 heteroatoms. The van der Waals surface area contributed by atoms with E-state index in [1.165, 1.54) is 0 Å². The van der Waals surface area contributed by atoms with Crippen molar-refractivity contribution >= 4 is 29.9 Å². The van der Waals surface area contributed by atoms with Gasteiger partial charge in [0.05, 0.1) is 25.7 Å². The number of aliphatic imine (C=N–C) groups is 1. The largest absolute Gasteiger partial charge is 0.469 e. The molecule has 3 rings (SSSR count). The molecule has 1 fully saturated rings. The molecule has 1 atom stereocenters. The Kier molecular flexibility index (Phi) is 8.33. The standard InChI is InChI=1S/C18H25N3O3.HI/c1-21(13-17-5-3-10-24-17)18(20-12-15-7-11-22-14-15)19-8-6-16-4-2-9-23-16;/h2-5,9-10,15H,6-8,11-14H2,1H3,(H,19,20);1H. The minimum atomic E-state index is 0. The normalized spacial score (nSPS) is 17.3. The number of rotatable bonds is 7. The Bertz CT molecular complexity index is 608. The van der Waals surface area contributed by atoms with Crippen molar-refractivity contribution in [3.8, 4) is 0 Å². The van der Waals surface area contributed by atoms with E-state index >= 15 is 0 Å². The van der Waals surface area contributed by atoms with Crippen LogP contribution in [-0.2, 0) is 17.7 Å². The SMILES string of the molecule is CN(Cc1ccco1)C(=NCC1CCOC1)NCCc1ccco1.I. The summed E-state index contributed by atoms with van der Waals surface area (Å²) >= 11 is 0. The van der Waals surface area contributed by atoms with Gasteiger partial charge in [0.25, 0.3) is 0 Å². The Morgan fingerprint density at radius 2 is 2.00 bits per heavy atom. The molecule has 25 heavy (non-hydrogen) atoms. The molecule has 1 N–H and O–H groups in total. The fraction of sp³-hybridized carbons (Fsp3) is 0.500. The lowest BCUT2D eigenvalue weighted by Gasteiger charge is -2.22. The van der Waals surface area contributed by atoms with Gasteiger partial charge < -0.3 is 23.8 Å². The Labute approximate surface area is 165 Å². The second kappa shape index (κ2) is 10.5. The van der Waals surface area contributed by atoms with E-state index in [4.69, 9.17) is 18.6 Å². The smallest absolute Gasteiger partial charge is 0.194 e. The fourth-order valence-corrected chi connectivity index (χ4v) is 2.72. The summed E-state index contributed by atoms with van der Waals surface area (Å²) in [5.74, 6) is 3.29. The summed E-state index contributed by atoms with van der Waals surface area (Å²) in [6.07, 6.45) is 5.31. The molecule has 0 amide bonds. The maximum atomic E-state index is 5.44. The van der Waals surface area contributed by atoms with Crippen LogP contribution in [0.3, 0.4) is 0 Å². The molecule has 2 aromatic heterocycles. The molecule has 1 aliphatic heterocycles. The van der Waals surface area contributed by atoms with Crippen molar-refractivity contribution < 1.29 is 13.6 Å². The average Bonchev–Trinajstić information content (AvgIpc) is 3.32. The summed E-state index contributed by atoms with van der Waals surface area (Å²) in [7, 11) is 2.02. The van der Waals surface area contributed by atoms with Crippen molar-refractivity contribution in [2.24, 2.45) is 10.9 Å². The van der Waals surface area contributed by atoms with Crippen LogP contribution in [0.5, 0.6) is 0 Å². The molecule has 0 bridgehead atoms. The van der Waals surface area contributed by atoms with Crippen LogP contribution >= 0.6 is 24.0 Å². The predicted octanol–water partition coefficient (Wildman–Crippen LogP) is 3.15. The number of hydrogen-bond acceptors (Lipinski definition) is 4. The van der Waals surface area contributed by atoms with Crippen molar-refractivity contribution in [3.05, 3.63) is 48.3 Å². The number of furan rings is 2. The van der Waals surface area contributed by atoms with Gasteiger partial charge in [0.2, 0.25) is 0 Å². The van der Waals surface area contributed by atoms with Crippen LogP contribution in [0.4, 0.5) is 0 Å². The zero-order valence-corrected chi connectivity index (χ0v) is 16.8. The summed E-state index contributed by atoms with van der Waals surface area (Å²) in [5.41, 5.74) is 0. The number of ether oxygens (including phenoxy) is 1. The highest BCUT2D eigenvalue weighted by Crippen LogP contribution is 2.13. The molecule has 0 aromatic carbocycles. The molecule has 138 valence electrons. The number of nitrogens with one attached hydrogen (secondary N) is 1. The van der Waals surface area contributed by atoms with E-state index in [-0.39, 0.29) is 24.0 Å². The fourth-order valence-electron chi connectivity index (χ4n) is 2.72. The molecule has 1 unspecified atom stereocenters. The molecule has 0 radical (unpaired) electrons. The number of nitrogens with zero attached hydrogens (tertiary/aromatic N) is 2. The first kappa shape index (κ1) is 19.8. The van der Waals surface area contributed by atoms with Gasteiger partial charge in [-0.3, -0.25) is 4.99 Å². The van der Waals surface area contributed by atoms with Crippen molar-refractivity contribution in [2.75, 3.05) is 33.4 Å². The van der Waals surface area contributed by atoms with E-state index in [1.54, 1.807) is 12.5 Å². The van der Waals surface area contributed by atoms with Crippen LogP contribution in [0.2, 0.25) is 0 Å².